The summed E-state index contributed by atoms with van der Waals surface area (Å²) in [4.78, 5) is 30.9. The second-order valence-corrected chi connectivity index (χ2v) is 6.91. The van der Waals surface area contributed by atoms with E-state index in [4.69, 9.17) is 4.74 Å². The van der Waals surface area contributed by atoms with Gasteiger partial charge >= 0.3 is 0 Å². The summed E-state index contributed by atoms with van der Waals surface area (Å²) in [6.45, 7) is 1.97. The molecule has 0 saturated heterocycles. The fourth-order valence-corrected chi connectivity index (χ4v) is 3.53. The molecule has 7 heteroatoms. The molecular weight excluding hydrogens is 394 g/mol. The van der Waals surface area contributed by atoms with E-state index in [1.54, 1.807) is 48.5 Å². The Bertz CT molecular complexity index is 1340. The fraction of sp³-hybridized carbons (Fsp3) is 0.125. The molecule has 0 aliphatic carbocycles. The van der Waals surface area contributed by atoms with Crippen LogP contribution in [0.3, 0.4) is 0 Å². The van der Waals surface area contributed by atoms with Crippen LogP contribution >= 0.6 is 0 Å². The predicted octanol–water partition coefficient (Wildman–Crippen LogP) is 3.91. The monoisotopic (exact) mass is 415 g/mol. The van der Waals surface area contributed by atoms with E-state index >= 15 is 0 Å². The van der Waals surface area contributed by atoms with Gasteiger partial charge in [0.2, 0.25) is 0 Å². The number of fused-ring (bicyclic) bond motifs is 1. The first-order valence-electron chi connectivity index (χ1n) is 9.81. The van der Waals surface area contributed by atoms with E-state index in [0.717, 1.165) is 5.56 Å². The molecular formula is C24H21N3O4. The van der Waals surface area contributed by atoms with Gasteiger partial charge in [0.1, 0.15) is 17.1 Å². The molecule has 0 unspecified atom stereocenters. The van der Waals surface area contributed by atoms with Crippen LogP contribution in [0, 0.1) is 0 Å². The molecule has 31 heavy (non-hydrogen) atoms. The summed E-state index contributed by atoms with van der Waals surface area (Å²) in [5.74, 6) is -0.547. The number of carbonyl (C=O) groups excluding carboxylic acids is 1. The number of aromatic nitrogens is 2. The smallest absolute Gasteiger partial charge is 0.273 e. The maximum atomic E-state index is 13.5. The molecule has 0 saturated carbocycles. The Kier molecular flexibility index (Phi) is 5.41. The Morgan fingerprint density at radius 2 is 1.94 bits per heavy atom. The van der Waals surface area contributed by atoms with Crippen molar-refractivity contribution in [3.8, 4) is 17.2 Å². The summed E-state index contributed by atoms with van der Waals surface area (Å²) in [6.07, 6.45) is 2.23. The first-order chi connectivity index (χ1) is 15.0. The van der Waals surface area contributed by atoms with Crippen LogP contribution in [0.2, 0.25) is 0 Å². The van der Waals surface area contributed by atoms with Gasteiger partial charge in [-0.3, -0.25) is 14.2 Å². The van der Waals surface area contributed by atoms with E-state index in [0.29, 0.717) is 28.9 Å². The van der Waals surface area contributed by atoms with Gasteiger partial charge in [-0.05, 0) is 42.3 Å². The molecule has 0 fully saturated rings. The number of ether oxygens (including phenoxy) is 1. The topological polar surface area (TPSA) is 93.5 Å². The van der Waals surface area contributed by atoms with Crippen molar-refractivity contribution in [3.05, 3.63) is 88.3 Å². The van der Waals surface area contributed by atoms with Gasteiger partial charge in [0.25, 0.3) is 11.5 Å². The zero-order valence-corrected chi connectivity index (χ0v) is 17.1. The number of benzene rings is 2. The quantitative estimate of drug-likeness (QED) is 0.515. The van der Waals surface area contributed by atoms with Gasteiger partial charge in [-0.1, -0.05) is 31.2 Å². The summed E-state index contributed by atoms with van der Waals surface area (Å²) in [5, 5.41) is 13.9. The van der Waals surface area contributed by atoms with Crippen molar-refractivity contribution in [2.45, 2.75) is 13.3 Å². The second kappa shape index (κ2) is 8.31. The third kappa shape index (κ3) is 3.61. The molecule has 2 N–H and O–H groups in total. The van der Waals surface area contributed by atoms with Crippen molar-refractivity contribution >= 4 is 22.6 Å². The van der Waals surface area contributed by atoms with Crippen LogP contribution in [0.25, 0.3) is 16.7 Å². The van der Waals surface area contributed by atoms with Gasteiger partial charge in [0.15, 0.2) is 5.65 Å². The molecule has 0 radical (unpaired) electrons. The lowest BCUT2D eigenvalue weighted by Gasteiger charge is -2.15. The van der Waals surface area contributed by atoms with Crippen LogP contribution in [0.15, 0.2) is 71.7 Å². The number of nitrogens with one attached hydrogen (secondary N) is 1. The number of aryl methyl sites for hydroxylation is 1. The summed E-state index contributed by atoms with van der Waals surface area (Å²) >= 11 is 0. The summed E-state index contributed by atoms with van der Waals surface area (Å²) in [7, 11) is 1.53. The van der Waals surface area contributed by atoms with Crippen molar-refractivity contribution < 1.29 is 14.6 Å². The maximum Gasteiger partial charge on any atom is 0.273 e. The van der Waals surface area contributed by atoms with Crippen LogP contribution < -0.4 is 15.6 Å². The zero-order valence-electron chi connectivity index (χ0n) is 17.1. The number of methoxy groups -OCH3 is 1. The lowest BCUT2D eigenvalue weighted by atomic mass is 10.1. The van der Waals surface area contributed by atoms with Crippen molar-refractivity contribution in [1.29, 1.82) is 0 Å². The second-order valence-electron chi connectivity index (χ2n) is 6.91. The normalized spacial score (nSPS) is 10.8. The summed E-state index contributed by atoms with van der Waals surface area (Å²) in [5.41, 5.74) is 1.19. The standard InChI is InChI=1S/C24H21N3O4/c1-3-15-8-4-5-12-19(15)26-23(29)20-21(28)18-11-7-13-25-22(18)27(24(20)30)16-9-6-10-17(14-16)31-2/h4-14,28H,3H2,1-2H3,(H,26,29). The van der Waals surface area contributed by atoms with Crippen molar-refractivity contribution in [2.24, 2.45) is 0 Å². The van der Waals surface area contributed by atoms with Gasteiger partial charge in [-0.2, -0.15) is 0 Å². The Hall–Kier alpha value is -4.13. The highest BCUT2D eigenvalue weighted by Crippen LogP contribution is 2.28. The van der Waals surface area contributed by atoms with E-state index in [9.17, 15) is 14.7 Å². The minimum absolute atomic E-state index is 0.240. The third-order valence-electron chi connectivity index (χ3n) is 5.09. The molecule has 2 aromatic heterocycles. The molecule has 4 aromatic rings. The number of hydrogen-bond acceptors (Lipinski definition) is 5. The SMILES string of the molecule is CCc1ccccc1NC(=O)c1c(O)c2cccnc2n(-c2cccc(OC)c2)c1=O. The lowest BCUT2D eigenvalue weighted by Crippen LogP contribution is -2.29. The molecule has 2 heterocycles. The number of pyridine rings is 2. The minimum atomic E-state index is -0.689. The number of carbonyl (C=O) groups is 1. The number of hydrogen-bond donors (Lipinski definition) is 2. The molecule has 2 aromatic carbocycles. The molecule has 0 spiro atoms. The Balaban J connectivity index is 1.94. The van der Waals surface area contributed by atoms with Gasteiger partial charge in [-0.15, -0.1) is 0 Å². The van der Waals surface area contributed by atoms with Crippen LogP contribution in [0.5, 0.6) is 11.5 Å². The molecule has 0 atom stereocenters. The van der Waals surface area contributed by atoms with Gasteiger partial charge in [0, 0.05) is 18.0 Å². The molecule has 1 amide bonds. The first-order valence-corrected chi connectivity index (χ1v) is 9.81. The molecule has 0 bridgehead atoms. The predicted molar refractivity (Wildman–Crippen MR) is 119 cm³/mol. The number of rotatable bonds is 5. The minimum Gasteiger partial charge on any atom is -0.506 e. The van der Waals surface area contributed by atoms with Crippen molar-refractivity contribution in [3.63, 3.8) is 0 Å². The molecule has 156 valence electrons. The zero-order chi connectivity index (χ0) is 22.0. The highest BCUT2D eigenvalue weighted by Gasteiger charge is 2.24. The van der Waals surface area contributed by atoms with Crippen molar-refractivity contribution in [1.82, 2.24) is 9.55 Å². The van der Waals surface area contributed by atoms with Crippen LogP contribution in [0.1, 0.15) is 22.8 Å². The summed E-state index contributed by atoms with van der Waals surface area (Å²) < 4.78 is 6.57. The van der Waals surface area contributed by atoms with Crippen LogP contribution in [-0.2, 0) is 6.42 Å². The number of para-hydroxylation sites is 1. The Morgan fingerprint density at radius 1 is 1.13 bits per heavy atom. The highest BCUT2D eigenvalue weighted by molar-refractivity contribution is 6.09. The maximum absolute atomic E-state index is 13.5. The molecule has 7 nitrogen and oxygen atoms in total. The average Bonchev–Trinajstić information content (AvgIpc) is 2.80. The van der Waals surface area contributed by atoms with E-state index < -0.39 is 17.2 Å². The van der Waals surface area contributed by atoms with E-state index in [1.807, 2.05) is 19.1 Å². The molecule has 4 rings (SSSR count). The van der Waals surface area contributed by atoms with E-state index in [-0.39, 0.29) is 11.2 Å². The number of nitrogens with zero attached hydrogens (tertiary/aromatic N) is 2. The highest BCUT2D eigenvalue weighted by atomic mass is 16.5. The number of amides is 1. The van der Waals surface area contributed by atoms with Gasteiger partial charge in [-0.25, -0.2) is 4.98 Å². The third-order valence-corrected chi connectivity index (χ3v) is 5.09. The molecule has 0 aliphatic rings. The Morgan fingerprint density at radius 3 is 2.71 bits per heavy atom. The van der Waals surface area contributed by atoms with Crippen LogP contribution in [-0.4, -0.2) is 27.7 Å². The van der Waals surface area contributed by atoms with E-state index in [1.165, 1.54) is 17.9 Å². The molecule has 0 aliphatic heterocycles. The van der Waals surface area contributed by atoms with Gasteiger partial charge < -0.3 is 15.2 Å². The number of aromatic hydroxyl groups is 1. The lowest BCUT2D eigenvalue weighted by molar-refractivity contribution is 0.102. The Labute approximate surface area is 178 Å². The fourth-order valence-electron chi connectivity index (χ4n) is 3.53. The van der Waals surface area contributed by atoms with E-state index in [2.05, 4.69) is 10.3 Å². The van der Waals surface area contributed by atoms with Crippen LogP contribution in [0.4, 0.5) is 5.69 Å². The summed E-state index contributed by atoms with van der Waals surface area (Å²) in [6, 6.07) is 17.5. The van der Waals surface area contributed by atoms with Gasteiger partial charge in [0.05, 0.1) is 18.2 Å². The largest absolute Gasteiger partial charge is 0.506 e. The number of anilines is 1. The van der Waals surface area contributed by atoms with Crippen molar-refractivity contribution in [2.75, 3.05) is 12.4 Å². The first kappa shape index (κ1) is 20.2. The average molecular weight is 415 g/mol.